The highest BCUT2D eigenvalue weighted by atomic mass is 16.4. The smallest absolute Gasteiger partial charge is 0.308 e. The first-order chi connectivity index (χ1) is 4.70. The Kier molecular flexibility index (Phi) is 2.06. The molecule has 56 valence electrons. The molecule has 0 aliphatic carbocycles. The topological polar surface area (TPSA) is 49.3 Å². The van der Waals surface area contributed by atoms with Crippen molar-refractivity contribution in [2.24, 2.45) is 5.92 Å². The number of aliphatic carboxylic acids is 1. The van der Waals surface area contributed by atoms with Gasteiger partial charge in [-0.25, -0.2) is 0 Å². The molecule has 1 fully saturated rings. The summed E-state index contributed by atoms with van der Waals surface area (Å²) in [5, 5.41) is 11.6. The van der Waals surface area contributed by atoms with E-state index in [2.05, 4.69) is 11.9 Å². The number of hydrogen-bond donors (Lipinski definition) is 2. The first-order valence-electron chi connectivity index (χ1n) is 3.30. The highest BCUT2D eigenvalue weighted by molar-refractivity contribution is 5.70. The lowest BCUT2D eigenvalue weighted by atomic mass is 9.97. The Labute approximate surface area is 59.7 Å². The lowest BCUT2D eigenvalue weighted by Gasteiger charge is -2.20. The highest BCUT2D eigenvalue weighted by Crippen LogP contribution is 2.13. The Morgan fingerprint density at radius 3 is 2.90 bits per heavy atom. The van der Waals surface area contributed by atoms with Gasteiger partial charge in [-0.3, -0.25) is 4.79 Å². The van der Waals surface area contributed by atoms with E-state index in [-0.39, 0.29) is 5.92 Å². The van der Waals surface area contributed by atoms with Crippen LogP contribution in [0, 0.1) is 5.92 Å². The first kappa shape index (κ1) is 7.28. The van der Waals surface area contributed by atoms with Crippen molar-refractivity contribution < 1.29 is 9.90 Å². The molecule has 0 aromatic heterocycles. The first-order valence-corrected chi connectivity index (χ1v) is 3.30. The summed E-state index contributed by atoms with van der Waals surface area (Å²) in [6, 6.07) is 0. The van der Waals surface area contributed by atoms with Gasteiger partial charge in [0.05, 0.1) is 5.92 Å². The van der Waals surface area contributed by atoms with E-state index in [9.17, 15) is 4.79 Å². The summed E-state index contributed by atoms with van der Waals surface area (Å²) < 4.78 is 0. The van der Waals surface area contributed by atoms with Crippen molar-refractivity contribution >= 4 is 5.97 Å². The number of carboxylic acid groups (broad SMARTS) is 1. The van der Waals surface area contributed by atoms with Crippen molar-refractivity contribution in [2.45, 2.75) is 6.42 Å². The van der Waals surface area contributed by atoms with Crippen LogP contribution in [0.2, 0.25) is 0 Å². The summed E-state index contributed by atoms with van der Waals surface area (Å²) in [5.74, 6) is -0.991. The minimum absolute atomic E-state index is 0.263. The third kappa shape index (κ3) is 1.57. The molecular weight excluding hydrogens is 130 g/mol. The van der Waals surface area contributed by atoms with Crippen LogP contribution in [0.25, 0.3) is 0 Å². The van der Waals surface area contributed by atoms with Crippen LogP contribution in [0.1, 0.15) is 6.42 Å². The molecule has 0 aromatic carbocycles. The zero-order valence-electron chi connectivity index (χ0n) is 5.76. The Morgan fingerprint density at radius 2 is 2.50 bits per heavy atom. The van der Waals surface area contributed by atoms with Gasteiger partial charge in [0.1, 0.15) is 0 Å². The molecule has 0 bridgehead atoms. The number of hydrogen-bond acceptors (Lipinski definition) is 2. The zero-order chi connectivity index (χ0) is 7.56. The van der Waals surface area contributed by atoms with Crippen LogP contribution >= 0.6 is 0 Å². The molecule has 2 N–H and O–H groups in total. The standard InChI is InChI=1S/C7H11NO2/c1-5-2-6(7(9)10)4-8-3-5/h6,8H,1-4H2,(H,9,10). The summed E-state index contributed by atoms with van der Waals surface area (Å²) in [6.07, 6.45) is 0.627. The van der Waals surface area contributed by atoms with Crippen LogP contribution in [0.4, 0.5) is 0 Å². The second-order valence-corrected chi connectivity index (χ2v) is 2.62. The predicted molar refractivity (Wildman–Crippen MR) is 37.8 cm³/mol. The lowest BCUT2D eigenvalue weighted by molar-refractivity contribution is -0.141. The van der Waals surface area contributed by atoms with Gasteiger partial charge in [0.25, 0.3) is 0 Å². The molecule has 1 aliphatic rings. The molecule has 1 rings (SSSR count). The number of carbonyl (C=O) groups is 1. The van der Waals surface area contributed by atoms with Gasteiger partial charge in [0.15, 0.2) is 0 Å². The lowest BCUT2D eigenvalue weighted by Crippen LogP contribution is -2.35. The maximum atomic E-state index is 10.4. The number of rotatable bonds is 1. The summed E-state index contributed by atoms with van der Waals surface area (Å²) in [5.41, 5.74) is 0.985. The Hall–Kier alpha value is -0.830. The summed E-state index contributed by atoms with van der Waals surface area (Å²) in [4.78, 5) is 10.4. The Morgan fingerprint density at radius 1 is 1.80 bits per heavy atom. The second kappa shape index (κ2) is 2.84. The molecule has 1 saturated heterocycles. The number of piperidine rings is 1. The van der Waals surface area contributed by atoms with Gasteiger partial charge in [0, 0.05) is 13.1 Å². The van der Waals surface area contributed by atoms with Crippen LogP contribution in [-0.2, 0) is 4.79 Å². The second-order valence-electron chi connectivity index (χ2n) is 2.62. The molecule has 1 heterocycles. The fraction of sp³-hybridized carbons (Fsp3) is 0.571. The molecular formula is C7H11NO2. The highest BCUT2D eigenvalue weighted by Gasteiger charge is 2.21. The molecule has 0 saturated carbocycles. The van der Waals surface area contributed by atoms with Gasteiger partial charge >= 0.3 is 5.97 Å². The molecule has 3 heteroatoms. The zero-order valence-corrected chi connectivity index (χ0v) is 5.76. The maximum Gasteiger partial charge on any atom is 0.308 e. The number of carboxylic acids is 1. The molecule has 1 atom stereocenters. The van der Waals surface area contributed by atoms with Crippen LogP contribution in [0.15, 0.2) is 12.2 Å². The average Bonchev–Trinajstić information content (AvgIpc) is 1.88. The molecule has 3 nitrogen and oxygen atoms in total. The molecule has 0 amide bonds. The van der Waals surface area contributed by atoms with Crippen molar-refractivity contribution in [3.63, 3.8) is 0 Å². The quantitative estimate of drug-likeness (QED) is 0.514. The van der Waals surface area contributed by atoms with E-state index in [1.165, 1.54) is 0 Å². The average molecular weight is 141 g/mol. The van der Waals surface area contributed by atoms with E-state index in [0.29, 0.717) is 13.0 Å². The maximum absolute atomic E-state index is 10.4. The Bertz CT molecular complexity index is 163. The van der Waals surface area contributed by atoms with Gasteiger partial charge in [-0.15, -0.1) is 0 Å². The summed E-state index contributed by atoms with van der Waals surface area (Å²) >= 11 is 0. The molecule has 1 aliphatic heterocycles. The summed E-state index contributed by atoms with van der Waals surface area (Å²) in [7, 11) is 0. The van der Waals surface area contributed by atoms with Crippen molar-refractivity contribution in [3.8, 4) is 0 Å². The van der Waals surface area contributed by atoms with E-state index in [1.807, 2.05) is 0 Å². The van der Waals surface area contributed by atoms with Crippen molar-refractivity contribution in [2.75, 3.05) is 13.1 Å². The molecule has 1 unspecified atom stereocenters. The fourth-order valence-corrected chi connectivity index (χ4v) is 1.09. The molecule has 0 radical (unpaired) electrons. The largest absolute Gasteiger partial charge is 0.481 e. The van der Waals surface area contributed by atoms with Crippen molar-refractivity contribution in [1.29, 1.82) is 0 Å². The van der Waals surface area contributed by atoms with Crippen LogP contribution in [0.3, 0.4) is 0 Å². The van der Waals surface area contributed by atoms with E-state index >= 15 is 0 Å². The monoisotopic (exact) mass is 141 g/mol. The normalized spacial score (nSPS) is 26.4. The predicted octanol–water partition coefficient (Wildman–Crippen LogP) is 0.237. The fourth-order valence-electron chi connectivity index (χ4n) is 1.09. The van der Waals surface area contributed by atoms with Gasteiger partial charge in [-0.05, 0) is 6.42 Å². The van der Waals surface area contributed by atoms with Crippen LogP contribution in [-0.4, -0.2) is 24.2 Å². The van der Waals surface area contributed by atoms with E-state index in [0.717, 1.165) is 12.1 Å². The summed E-state index contributed by atoms with van der Waals surface area (Å²) in [6.45, 7) is 5.07. The van der Waals surface area contributed by atoms with Crippen LogP contribution in [0.5, 0.6) is 0 Å². The van der Waals surface area contributed by atoms with Crippen molar-refractivity contribution in [1.82, 2.24) is 5.32 Å². The van der Waals surface area contributed by atoms with E-state index in [1.54, 1.807) is 0 Å². The molecule has 10 heavy (non-hydrogen) atoms. The van der Waals surface area contributed by atoms with Crippen LogP contribution < -0.4 is 5.32 Å². The minimum atomic E-state index is -0.728. The molecule has 0 spiro atoms. The van der Waals surface area contributed by atoms with Gasteiger partial charge in [-0.2, -0.15) is 0 Å². The van der Waals surface area contributed by atoms with E-state index < -0.39 is 5.97 Å². The SMILES string of the molecule is C=C1CNCC(C(=O)O)C1. The van der Waals surface area contributed by atoms with Crippen molar-refractivity contribution in [3.05, 3.63) is 12.2 Å². The molecule has 0 aromatic rings. The van der Waals surface area contributed by atoms with Gasteiger partial charge in [0.2, 0.25) is 0 Å². The third-order valence-electron chi connectivity index (χ3n) is 1.65. The number of nitrogens with one attached hydrogen (secondary N) is 1. The van der Waals surface area contributed by atoms with Gasteiger partial charge < -0.3 is 10.4 Å². The van der Waals surface area contributed by atoms with Gasteiger partial charge in [-0.1, -0.05) is 12.2 Å². The van der Waals surface area contributed by atoms with E-state index in [4.69, 9.17) is 5.11 Å². The third-order valence-corrected chi connectivity index (χ3v) is 1.65. The minimum Gasteiger partial charge on any atom is -0.481 e. The Balaban J connectivity index is 2.47.